The highest BCUT2D eigenvalue weighted by atomic mass is 32.1. The molecular formula is C18H17N3O2S. The molecule has 1 aromatic heterocycles. The maximum Gasteiger partial charge on any atom is 0.230 e. The van der Waals surface area contributed by atoms with Crippen LogP contribution in [0.5, 0.6) is 5.75 Å². The molecule has 0 radical (unpaired) electrons. The van der Waals surface area contributed by atoms with E-state index in [9.17, 15) is 4.79 Å². The molecule has 0 bridgehead atoms. The molecule has 24 heavy (non-hydrogen) atoms. The minimum Gasteiger partial charge on any atom is -0.495 e. The molecule has 0 aliphatic rings. The largest absolute Gasteiger partial charge is 0.495 e. The summed E-state index contributed by atoms with van der Waals surface area (Å²) in [7, 11) is 1.58. The average Bonchev–Trinajstić information content (AvgIpc) is 3.03. The number of benzene rings is 2. The highest BCUT2D eigenvalue weighted by molar-refractivity contribution is 7.13. The Kier molecular flexibility index (Phi) is 5.08. The molecule has 3 aromatic rings. The van der Waals surface area contributed by atoms with Gasteiger partial charge in [-0.2, -0.15) is 0 Å². The van der Waals surface area contributed by atoms with Gasteiger partial charge in [-0.1, -0.05) is 30.3 Å². The fourth-order valence-corrected chi connectivity index (χ4v) is 2.93. The third kappa shape index (κ3) is 4.11. The number of carbonyl (C=O) groups excluding carboxylic acids is 1. The topological polar surface area (TPSA) is 63.2 Å². The molecule has 1 amide bonds. The first kappa shape index (κ1) is 16.0. The van der Waals surface area contributed by atoms with E-state index >= 15 is 0 Å². The van der Waals surface area contributed by atoms with Crippen molar-refractivity contribution < 1.29 is 9.53 Å². The van der Waals surface area contributed by atoms with Gasteiger partial charge in [-0.25, -0.2) is 4.98 Å². The summed E-state index contributed by atoms with van der Waals surface area (Å²) < 4.78 is 5.23. The number of para-hydroxylation sites is 3. The molecule has 2 N–H and O–H groups in total. The summed E-state index contributed by atoms with van der Waals surface area (Å²) in [5.41, 5.74) is 2.35. The molecule has 0 aliphatic heterocycles. The monoisotopic (exact) mass is 339 g/mol. The number of rotatable bonds is 6. The molecule has 6 heteroatoms. The Hall–Kier alpha value is -2.86. The van der Waals surface area contributed by atoms with E-state index in [0.717, 1.165) is 16.5 Å². The molecule has 122 valence electrons. The molecule has 3 rings (SSSR count). The van der Waals surface area contributed by atoms with Crippen molar-refractivity contribution in [2.75, 3.05) is 17.7 Å². The van der Waals surface area contributed by atoms with Crippen LogP contribution in [0.3, 0.4) is 0 Å². The Morgan fingerprint density at radius 1 is 1.12 bits per heavy atom. The predicted octanol–water partition coefficient (Wildman–Crippen LogP) is 4.08. The smallest absolute Gasteiger partial charge is 0.230 e. The van der Waals surface area contributed by atoms with Crippen molar-refractivity contribution in [3.8, 4) is 5.75 Å². The maximum absolute atomic E-state index is 12.2. The zero-order valence-electron chi connectivity index (χ0n) is 13.2. The molecule has 1 heterocycles. The quantitative estimate of drug-likeness (QED) is 0.710. The first-order valence-corrected chi connectivity index (χ1v) is 8.32. The summed E-state index contributed by atoms with van der Waals surface area (Å²) in [5, 5.41) is 8.72. The van der Waals surface area contributed by atoms with Gasteiger partial charge >= 0.3 is 0 Å². The van der Waals surface area contributed by atoms with Gasteiger partial charge in [0, 0.05) is 11.1 Å². The molecule has 0 saturated heterocycles. The number of thiazole rings is 1. The second kappa shape index (κ2) is 7.61. The van der Waals surface area contributed by atoms with E-state index in [2.05, 4.69) is 15.6 Å². The summed E-state index contributed by atoms with van der Waals surface area (Å²) in [6.45, 7) is 0. The van der Waals surface area contributed by atoms with E-state index in [4.69, 9.17) is 4.74 Å². The second-order valence-electron chi connectivity index (χ2n) is 5.06. The molecule has 0 fully saturated rings. The number of amides is 1. The van der Waals surface area contributed by atoms with Crippen molar-refractivity contribution in [1.29, 1.82) is 0 Å². The van der Waals surface area contributed by atoms with E-state index in [1.807, 2.05) is 47.8 Å². The first-order chi connectivity index (χ1) is 11.7. The summed E-state index contributed by atoms with van der Waals surface area (Å²) in [6.07, 6.45) is 0.213. The third-order valence-corrected chi connectivity index (χ3v) is 4.11. The van der Waals surface area contributed by atoms with Crippen LogP contribution in [0.4, 0.5) is 16.5 Å². The van der Waals surface area contributed by atoms with Gasteiger partial charge in [0.2, 0.25) is 5.91 Å². The lowest BCUT2D eigenvalue weighted by atomic mass is 10.2. The second-order valence-corrected chi connectivity index (χ2v) is 5.92. The molecule has 0 atom stereocenters. The normalized spacial score (nSPS) is 10.2. The van der Waals surface area contributed by atoms with Crippen LogP contribution < -0.4 is 15.4 Å². The molecule has 5 nitrogen and oxygen atoms in total. The van der Waals surface area contributed by atoms with Gasteiger partial charge in [0.05, 0.1) is 24.9 Å². The molecule has 2 aromatic carbocycles. The van der Waals surface area contributed by atoms with Crippen LogP contribution in [0.15, 0.2) is 60.0 Å². The van der Waals surface area contributed by atoms with Crippen molar-refractivity contribution in [3.63, 3.8) is 0 Å². The maximum atomic E-state index is 12.2. The van der Waals surface area contributed by atoms with E-state index < -0.39 is 0 Å². The zero-order chi connectivity index (χ0) is 16.8. The van der Waals surface area contributed by atoms with Crippen LogP contribution in [0.2, 0.25) is 0 Å². The van der Waals surface area contributed by atoms with E-state index in [0.29, 0.717) is 11.4 Å². The lowest BCUT2D eigenvalue weighted by Crippen LogP contribution is -2.15. The molecule has 0 saturated carbocycles. The van der Waals surface area contributed by atoms with Crippen LogP contribution >= 0.6 is 11.3 Å². The van der Waals surface area contributed by atoms with Gasteiger partial charge in [-0.3, -0.25) is 4.79 Å². The third-order valence-electron chi connectivity index (χ3n) is 3.30. The summed E-state index contributed by atoms with van der Waals surface area (Å²) in [4.78, 5) is 16.6. The van der Waals surface area contributed by atoms with Crippen molar-refractivity contribution in [2.45, 2.75) is 6.42 Å². The lowest BCUT2D eigenvalue weighted by Gasteiger charge is -2.09. The van der Waals surface area contributed by atoms with Crippen molar-refractivity contribution >= 4 is 33.8 Å². The van der Waals surface area contributed by atoms with Crippen LogP contribution in [0.1, 0.15) is 5.69 Å². The fraction of sp³-hybridized carbons (Fsp3) is 0.111. The van der Waals surface area contributed by atoms with Gasteiger partial charge in [0.25, 0.3) is 0 Å². The number of aromatic nitrogens is 1. The molecular weight excluding hydrogens is 322 g/mol. The Bertz CT molecular complexity index is 818. The predicted molar refractivity (Wildman–Crippen MR) is 97.2 cm³/mol. The number of ether oxygens (including phenoxy) is 1. The van der Waals surface area contributed by atoms with Gasteiger partial charge in [-0.15, -0.1) is 11.3 Å². The van der Waals surface area contributed by atoms with Gasteiger partial charge in [-0.05, 0) is 24.3 Å². The van der Waals surface area contributed by atoms with Crippen molar-refractivity contribution in [1.82, 2.24) is 4.98 Å². The SMILES string of the molecule is COc1ccccc1NC(=O)Cc1csc(Nc2ccccc2)n1. The number of anilines is 3. The van der Waals surface area contributed by atoms with Crippen LogP contribution in [-0.4, -0.2) is 18.0 Å². The number of nitrogens with zero attached hydrogens (tertiary/aromatic N) is 1. The number of carbonyl (C=O) groups is 1. The summed E-state index contributed by atoms with van der Waals surface area (Å²) in [6, 6.07) is 17.1. The number of methoxy groups -OCH3 is 1. The van der Waals surface area contributed by atoms with E-state index in [-0.39, 0.29) is 12.3 Å². The number of nitrogens with one attached hydrogen (secondary N) is 2. The highest BCUT2D eigenvalue weighted by Crippen LogP contribution is 2.24. The summed E-state index contributed by atoms with van der Waals surface area (Å²) in [5.74, 6) is 0.506. The van der Waals surface area contributed by atoms with Gasteiger partial charge < -0.3 is 15.4 Å². The van der Waals surface area contributed by atoms with Crippen LogP contribution in [-0.2, 0) is 11.2 Å². The van der Waals surface area contributed by atoms with E-state index in [1.165, 1.54) is 11.3 Å². The van der Waals surface area contributed by atoms with Crippen molar-refractivity contribution in [3.05, 3.63) is 65.7 Å². The van der Waals surface area contributed by atoms with Gasteiger partial charge in [0.15, 0.2) is 5.13 Å². The lowest BCUT2D eigenvalue weighted by molar-refractivity contribution is -0.115. The molecule has 0 aliphatic carbocycles. The first-order valence-electron chi connectivity index (χ1n) is 7.44. The fourth-order valence-electron chi connectivity index (χ4n) is 2.20. The van der Waals surface area contributed by atoms with Crippen molar-refractivity contribution in [2.24, 2.45) is 0 Å². The average molecular weight is 339 g/mol. The zero-order valence-corrected chi connectivity index (χ0v) is 14.0. The van der Waals surface area contributed by atoms with Gasteiger partial charge in [0.1, 0.15) is 5.75 Å². The van der Waals surface area contributed by atoms with Crippen LogP contribution in [0.25, 0.3) is 0 Å². The summed E-state index contributed by atoms with van der Waals surface area (Å²) >= 11 is 1.47. The Morgan fingerprint density at radius 2 is 1.88 bits per heavy atom. The Labute approximate surface area is 144 Å². The molecule has 0 unspecified atom stereocenters. The number of hydrogen-bond donors (Lipinski definition) is 2. The van der Waals surface area contributed by atoms with E-state index in [1.54, 1.807) is 19.2 Å². The Balaban J connectivity index is 1.61. The Morgan fingerprint density at radius 3 is 2.67 bits per heavy atom. The van der Waals surface area contributed by atoms with Crippen LogP contribution in [0, 0.1) is 0 Å². The standard InChI is InChI=1S/C18H17N3O2S/c1-23-16-10-6-5-9-15(16)21-17(22)11-14-12-24-18(20-14)19-13-7-3-2-4-8-13/h2-10,12H,11H2,1H3,(H,19,20)(H,21,22). The number of hydrogen-bond acceptors (Lipinski definition) is 5. The minimum atomic E-state index is -0.129. The minimum absolute atomic E-state index is 0.129. The molecule has 0 spiro atoms. The highest BCUT2D eigenvalue weighted by Gasteiger charge is 2.10.